The van der Waals surface area contributed by atoms with Crippen LogP contribution in [0.3, 0.4) is 0 Å². The normalized spacial score (nSPS) is 11.4. The van der Waals surface area contributed by atoms with Crippen LogP contribution in [0.1, 0.15) is 11.1 Å². The number of nitro groups is 1. The van der Waals surface area contributed by atoms with Crippen LogP contribution in [0.5, 0.6) is 0 Å². The molecule has 0 spiro atoms. The van der Waals surface area contributed by atoms with Gasteiger partial charge in [0.05, 0.1) is 20.8 Å². The van der Waals surface area contributed by atoms with Crippen molar-refractivity contribution in [1.29, 1.82) is 0 Å². The Morgan fingerprint density at radius 2 is 1.95 bits per heavy atom. The molecule has 1 heterocycles. The van der Waals surface area contributed by atoms with Crippen LogP contribution in [-0.4, -0.2) is 9.91 Å². The zero-order valence-corrected chi connectivity index (χ0v) is 12.8. The molecule has 0 fully saturated rings. The van der Waals surface area contributed by atoms with Gasteiger partial charge in [0.1, 0.15) is 0 Å². The van der Waals surface area contributed by atoms with Crippen molar-refractivity contribution >= 4 is 38.1 Å². The van der Waals surface area contributed by atoms with E-state index in [4.69, 9.17) is 0 Å². The lowest BCUT2D eigenvalue weighted by atomic mass is 10.1. The molecule has 3 aromatic rings. The lowest BCUT2D eigenvalue weighted by Gasteiger charge is -2.02. The van der Waals surface area contributed by atoms with Crippen molar-refractivity contribution in [1.82, 2.24) is 4.98 Å². The minimum absolute atomic E-state index is 0.0151. The van der Waals surface area contributed by atoms with E-state index in [0.29, 0.717) is 10.8 Å². The number of azo groups is 1. The predicted molar refractivity (Wildman–Crippen MR) is 86.4 cm³/mol. The fraction of sp³-hybridized carbons (Fsp3) is 0.133. The van der Waals surface area contributed by atoms with Crippen LogP contribution >= 0.6 is 11.3 Å². The number of aromatic nitrogens is 1. The topological polar surface area (TPSA) is 80.8 Å². The van der Waals surface area contributed by atoms with Crippen LogP contribution in [0, 0.1) is 24.0 Å². The Balaban J connectivity index is 1.99. The van der Waals surface area contributed by atoms with Crippen molar-refractivity contribution in [3.8, 4) is 0 Å². The SMILES string of the molecule is Cc1cc([N+](=O)[O-])cc(N=Nc2nc3ccccc3s2)c1C. The molecular weight excluding hydrogens is 300 g/mol. The van der Waals surface area contributed by atoms with Gasteiger partial charge in [0, 0.05) is 12.1 Å². The third kappa shape index (κ3) is 2.71. The van der Waals surface area contributed by atoms with Crippen molar-refractivity contribution in [2.24, 2.45) is 10.2 Å². The molecule has 0 saturated heterocycles. The van der Waals surface area contributed by atoms with Crippen LogP contribution in [0.25, 0.3) is 10.2 Å². The first-order chi connectivity index (χ1) is 10.5. The van der Waals surface area contributed by atoms with E-state index in [1.165, 1.54) is 23.5 Å². The fourth-order valence-electron chi connectivity index (χ4n) is 2.03. The number of nitro benzene ring substituents is 1. The molecule has 1 aromatic heterocycles. The third-order valence-corrected chi connectivity index (χ3v) is 4.28. The number of hydrogen-bond acceptors (Lipinski definition) is 6. The molecule has 0 radical (unpaired) electrons. The van der Waals surface area contributed by atoms with Crippen molar-refractivity contribution in [3.05, 3.63) is 57.6 Å². The number of nitrogens with zero attached hydrogens (tertiary/aromatic N) is 4. The highest BCUT2D eigenvalue weighted by atomic mass is 32.1. The summed E-state index contributed by atoms with van der Waals surface area (Å²) in [5.74, 6) is 0. The number of aryl methyl sites for hydroxylation is 1. The van der Waals surface area contributed by atoms with Crippen LogP contribution in [0.4, 0.5) is 16.5 Å². The molecule has 0 unspecified atom stereocenters. The highest BCUT2D eigenvalue weighted by Crippen LogP contribution is 2.32. The Labute approximate surface area is 130 Å². The average Bonchev–Trinajstić information content (AvgIpc) is 2.91. The van der Waals surface area contributed by atoms with Gasteiger partial charge < -0.3 is 0 Å². The smallest absolute Gasteiger partial charge is 0.258 e. The first kappa shape index (κ1) is 14.3. The molecule has 7 heteroatoms. The summed E-state index contributed by atoms with van der Waals surface area (Å²) < 4.78 is 1.03. The second kappa shape index (κ2) is 5.61. The second-order valence-corrected chi connectivity index (χ2v) is 5.84. The molecule has 0 saturated carbocycles. The first-order valence-corrected chi connectivity index (χ1v) is 7.39. The Kier molecular flexibility index (Phi) is 3.64. The zero-order chi connectivity index (χ0) is 15.7. The fourth-order valence-corrected chi connectivity index (χ4v) is 2.82. The molecule has 0 N–H and O–H groups in total. The molecular formula is C15H12N4O2S. The highest BCUT2D eigenvalue weighted by Gasteiger charge is 2.12. The summed E-state index contributed by atoms with van der Waals surface area (Å²) in [5.41, 5.74) is 3.06. The molecule has 2 aromatic carbocycles. The van der Waals surface area contributed by atoms with Gasteiger partial charge in [-0.15, -0.1) is 10.2 Å². The van der Waals surface area contributed by atoms with Gasteiger partial charge in [-0.05, 0) is 37.1 Å². The molecule has 22 heavy (non-hydrogen) atoms. The molecule has 0 aliphatic heterocycles. The standard InChI is InChI=1S/C15H12N4O2S/c1-9-7-11(19(20)21)8-13(10(9)2)17-18-15-16-12-5-3-4-6-14(12)22-15/h3-8H,1-2H3. The van der Waals surface area contributed by atoms with Crippen LogP contribution in [-0.2, 0) is 0 Å². The average molecular weight is 312 g/mol. The van der Waals surface area contributed by atoms with E-state index in [0.717, 1.165) is 21.3 Å². The van der Waals surface area contributed by atoms with Crippen molar-refractivity contribution in [2.45, 2.75) is 13.8 Å². The number of para-hydroxylation sites is 1. The largest absolute Gasteiger partial charge is 0.271 e. The summed E-state index contributed by atoms with van der Waals surface area (Å²) in [5, 5.41) is 19.7. The molecule has 3 rings (SSSR count). The third-order valence-electron chi connectivity index (χ3n) is 3.36. The lowest BCUT2D eigenvalue weighted by Crippen LogP contribution is -1.90. The van der Waals surface area contributed by atoms with Gasteiger partial charge in [-0.2, -0.15) is 0 Å². The van der Waals surface area contributed by atoms with E-state index in [1.807, 2.05) is 38.1 Å². The molecule has 110 valence electrons. The summed E-state index contributed by atoms with van der Waals surface area (Å²) in [6.07, 6.45) is 0. The van der Waals surface area contributed by atoms with Gasteiger partial charge in [-0.25, -0.2) is 4.98 Å². The lowest BCUT2D eigenvalue weighted by molar-refractivity contribution is -0.384. The van der Waals surface area contributed by atoms with Gasteiger partial charge in [-0.1, -0.05) is 23.5 Å². The van der Waals surface area contributed by atoms with E-state index in [-0.39, 0.29) is 5.69 Å². The first-order valence-electron chi connectivity index (χ1n) is 6.57. The van der Waals surface area contributed by atoms with Crippen LogP contribution in [0.15, 0.2) is 46.6 Å². The maximum atomic E-state index is 10.9. The quantitative estimate of drug-likeness (QED) is 0.377. The maximum absolute atomic E-state index is 10.9. The van der Waals surface area contributed by atoms with E-state index >= 15 is 0 Å². The molecule has 0 aliphatic rings. The molecule has 0 atom stereocenters. The maximum Gasteiger partial charge on any atom is 0.271 e. The molecule has 0 amide bonds. The minimum Gasteiger partial charge on any atom is -0.258 e. The van der Waals surface area contributed by atoms with Crippen LogP contribution in [0.2, 0.25) is 0 Å². The van der Waals surface area contributed by atoms with Crippen molar-refractivity contribution in [2.75, 3.05) is 0 Å². The van der Waals surface area contributed by atoms with Gasteiger partial charge in [0.25, 0.3) is 5.69 Å². The minimum atomic E-state index is -0.427. The highest BCUT2D eigenvalue weighted by molar-refractivity contribution is 7.21. The number of benzene rings is 2. The molecule has 0 bridgehead atoms. The van der Waals surface area contributed by atoms with E-state index in [1.54, 1.807) is 0 Å². The van der Waals surface area contributed by atoms with Crippen LogP contribution < -0.4 is 0 Å². The summed E-state index contributed by atoms with van der Waals surface area (Å²) >= 11 is 1.43. The number of non-ortho nitro benzene ring substituents is 1. The Hall–Kier alpha value is -2.67. The van der Waals surface area contributed by atoms with Gasteiger partial charge in [0.2, 0.25) is 5.13 Å². The predicted octanol–water partition coefficient (Wildman–Crippen LogP) is 5.24. The Morgan fingerprint density at radius 3 is 2.68 bits per heavy atom. The molecule has 0 aliphatic carbocycles. The van der Waals surface area contributed by atoms with Crippen molar-refractivity contribution in [3.63, 3.8) is 0 Å². The van der Waals surface area contributed by atoms with Gasteiger partial charge in [-0.3, -0.25) is 10.1 Å². The zero-order valence-electron chi connectivity index (χ0n) is 12.0. The summed E-state index contributed by atoms with van der Waals surface area (Å²) in [6.45, 7) is 3.69. The van der Waals surface area contributed by atoms with Crippen molar-refractivity contribution < 1.29 is 4.92 Å². The number of hydrogen-bond donors (Lipinski definition) is 0. The summed E-state index contributed by atoms with van der Waals surface area (Å²) in [6, 6.07) is 10.7. The number of fused-ring (bicyclic) bond motifs is 1. The summed E-state index contributed by atoms with van der Waals surface area (Å²) in [4.78, 5) is 14.9. The number of rotatable bonds is 3. The summed E-state index contributed by atoms with van der Waals surface area (Å²) in [7, 11) is 0. The monoisotopic (exact) mass is 312 g/mol. The second-order valence-electron chi connectivity index (χ2n) is 4.83. The van der Waals surface area contributed by atoms with Gasteiger partial charge >= 0.3 is 0 Å². The van der Waals surface area contributed by atoms with E-state index < -0.39 is 4.92 Å². The van der Waals surface area contributed by atoms with E-state index in [2.05, 4.69) is 15.2 Å². The Bertz CT molecular complexity index is 869. The van der Waals surface area contributed by atoms with Gasteiger partial charge in [0.15, 0.2) is 0 Å². The number of thiazole rings is 1. The Morgan fingerprint density at radius 1 is 1.18 bits per heavy atom. The molecule has 6 nitrogen and oxygen atoms in total. The van der Waals surface area contributed by atoms with E-state index in [9.17, 15) is 10.1 Å².